The summed E-state index contributed by atoms with van der Waals surface area (Å²) in [7, 11) is 3.38. The highest BCUT2D eigenvalue weighted by Gasteiger charge is 2.53. The van der Waals surface area contributed by atoms with E-state index >= 15 is 0 Å². The number of anilines is 1. The summed E-state index contributed by atoms with van der Waals surface area (Å²) in [6.45, 7) is 7.76. The standard InChI is InChI=1S/C31H38N2O4/c1-6-23-17-27(30-29(23)36-31(2,3)37-30)24-11-16-28(32-18-24)33(19-21-7-12-25(34-4)13-8-21)20-22-9-14-26(35-5)15-10-22/h7-16,18,23,27,29-30H,6,17,19-20H2,1-5H3/t23-,27-,29+,30-/m0/s1. The summed E-state index contributed by atoms with van der Waals surface area (Å²) in [6, 6.07) is 20.8. The van der Waals surface area contributed by atoms with Crippen LogP contribution in [0.4, 0.5) is 5.82 Å². The van der Waals surface area contributed by atoms with E-state index in [2.05, 4.69) is 48.2 Å². The maximum absolute atomic E-state index is 6.36. The summed E-state index contributed by atoms with van der Waals surface area (Å²) >= 11 is 0. The minimum atomic E-state index is -0.525. The average molecular weight is 503 g/mol. The van der Waals surface area contributed by atoms with Crippen LogP contribution in [0.3, 0.4) is 0 Å². The molecule has 0 bridgehead atoms. The minimum absolute atomic E-state index is 0.0855. The summed E-state index contributed by atoms with van der Waals surface area (Å²) in [4.78, 5) is 7.27. The second-order valence-corrected chi connectivity index (χ2v) is 10.6. The SMILES string of the molecule is CC[C@H]1C[C@@H](c2ccc(N(Cc3ccc(OC)cc3)Cc3ccc(OC)cc3)nc2)[C@@H]2OC(C)(C)O[C@H]12. The van der Waals surface area contributed by atoms with Crippen LogP contribution in [0, 0.1) is 5.92 Å². The Labute approximate surface area is 220 Å². The first-order valence-corrected chi connectivity index (χ1v) is 13.2. The van der Waals surface area contributed by atoms with E-state index in [0.717, 1.165) is 43.2 Å². The van der Waals surface area contributed by atoms with Crippen molar-refractivity contribution in [3.05, 3.63) is 83.6 Å². The van der Waals surface area contributed by atoms with Gasteiger partial charge in [0.25, 0.3) is 0 Å². The van der Waals surface area contributed by atoms with Crippen molar-refractivity contribution in [2.24, 2.45) is 5.92 Å². The Morgan fingerprint density at radius 1 is 0.838 bits per heavy atom. The monoisotopic (exact) mass is 502 g/mol. The van der Waals surface area contributed by atoms with Crippen molar-refractivity contribution < 1.29 is 18.9 Å². The van der Waals surface area contributed by atoms with Gasteiger partial charge in [-0.2, -0.15) is 0 Å². The molecule has 2 aliphatic rings. The lowest BCUT2D eigenvalue weighted by molar-refractivity contribution is -0.158. The Balaban J connectivity index is 1.38. The van der Waals surface area contributed by atoms with E-state index in [1.54, 1.807) is 14.2 Å². The first kappa shape index (κ1) is 25.6. The zero-order valence-electron chi connectivity index (χ0n) is 22.5. The fourth-order valence-electron chi connectivity index (χ4n) is 5.74. The number of aromatic nitrogens is 1. The Kier molecular flexibility index (Phi) is 7.40. The van der Waals surface area contributed by atoms with E-state index in [0.29, 0.717) is 11.8 Å². The molecule has 0 spiro atoms. The number of ether oxygens (including phenoxy) is 4. The summed E-state index contributed by atoms with van der Waals surface area (Å²) in [5.41, 5.74) is 3.62. The van der Waals surface area contributed by atoms with Gasteiger partial charge in [0.2, 0.25) is 0 Å². The first-order valence-electron chi connectivity index (χ1n) is 13.2. The molecule has 1 saturated carbocycles. The lowest BCUT2D eigenvalue weighted by Crippen LogP contribution is -2.25. The van der Waals surface area contributed by atoms with Crippen LogP contribution in [0.1, 0.15) is 56.2 Å². The van der Waals surface area contributed by atoms with Gasteiger partial charge in [-0.15, -0.1) is 0 Å². The molecule has 0 amide bonds. The van der Waals surface area contributed by atoms with Crippen molar-refractivity contribution in [3.8, 4) is 11.5 Å². The van der Waals surface area contributed by atoms with Gasteiger partial charge in [0.15, 0.2) is 5.79 Å². The molecule has 6 heteroatoms. The third-order valence-electron chi connectivity index (χ3n) is 7.69. The fourth-order valence-corrected chi connectivity index (χ4v) is 5.74. The highest BCUT2D eigenvalue weighted by atomic mass is 16.8. The van der Waals surface area contributed by atoms with Gasteiger partial charge >= 0.3 is 0 Å². The molecule has 0 N–H and O–H groups in total. The van der Waals surface area contributed by atoms with Gasteiger partial charge in [0.05, 0.1) is 26.4 Å². The molecule has 1 saturated heterocycles. The van der Waals surface area contributed by atoms with Crippen molar-refractivity contribution in [1.29, 1.82) is 0 Å². The van der Waals surface area contributed by atoms with Crippen LogP contribution < -0.4 is 14.4 Å². The highest BCUT2D eigenvalue weighted by Crippen LogP contribution is 2.49. The van der Waals surface area contributed by atoms with E-state index in [9.17, 15) is 0 Å². The molecule has 37 heavy (non-hydrogen) atoms. The number of hydrogen-bond donors (Lipinski definition) is 0. The molecule has 2 aromatic carbocycles. The topological polar surface area (TPSA) is 53.1 Å². The Bertz CT molecular complexity index is 1110. The van der Waals surface area contributed by atoms with Crippen LogP contribution in [0.2, 0.25) is 0 Å². The molecule has 196 valence electrons. The molecule has 0 radical (unpaired) electrons. The van der Waals surface area contributed by atoms with Gasteiger partial charge in [-0.3, -0.25) is 0 Å². The Morgan fingerprint density at radius 2 is 1.41 bits per heavy atom. The van der Waals surface area contributed by atoms with Gasteiger partial charge in [-0.1, -0.05) is 43.7 Å². The van der Waals surface area contributed by atoms with E-state index in [1.165, 1.54) is 16.7 Å². The third kappa shape index (κ3) is 5.60. The van der Waals surface area contributed by atoms with Crippen LogP contribution in [0.15, 0.2) is 66.9 Å². The van der Waals surface area contributed by atoms with Crippen LogP contribution in [-0.4, -0.2) is 37.2 Å². The normalized spacial score (nSPS) is 24.0. The minimum Gasteiger partial charge on any atom is -0.497 e. The lowest BCUT2D eigenvalue weighted by atomic mass is 9.95. The number of fused-ring (bicyclic) bond motifs is 1. The fraction of sp³-hybridized carbons (Fsp3) is 0.452. The third-order valence-corrected chi connectivity index (χ3v) is 7.69. The van der Waals surface area contributed by atoms with Crippen molar-refractivity contribution in [1.82, 2.24) is 4.98 Å². The molecular formula is C31H38N2O4. The van der Waals surface area contributed by atoms with Crippen LogP contribution in [0.25, 0.3) is 0 Å². The van der Waals surface area contributed by atoms with Crippen molar-refractivity contribution >= 4 is 5.82 Å². The summed E-state index contributed by atoms with van der Waals surface area (Å²) < 4.78 is 23.3. The summed E-state index contributed by atoms with van der Waals surface area (Å²) in [6.07, 6.45) is 4.46. The van der Waals surface area contributed by atoms with E-state index < -0.39 is 5.79 Å². The second kappa shape index (κ2) is 10.7. The summed E-state index contributed by atoms with van der Waals surface area (Å²) in [5, 5.41) is 0. The number of hydrogen-bond acceptors (Lipinski definition) is 6. The van der Waals surface area contributed by atoms with Gasteiger partial charge in [0, 0.05) is 25.2 Å². The molecular weight excluding hydrogens is 464 g/mol. The second-order valence-electron chi connectivity index (χ2n) is 10.6. The smallest absolute Gasteiger partial charge is 0.163 e. The molecule has 3 aromatic rings. The number of pyridine rings is 1. The molecule has 4 atom stereocenters. The van der Waals surface area contributed by atoms with Gasteiger partial charge in [0.1, 0.15) is 17.3 Å². The van der Waals surface area contributed by atoms with Gasteiger partial charge in [-0.25, -0.2) is 4.98 Å². The van der Waals surface area contributed by atoms with Crippen LogP contribution in [0.5, 0.6) is 11.5 Å². The highest BCUT2D eigenvalue weighted by molar-refractivity contribution is 5.43. The zero-order chi connectivity index (χ0) is 26.0. The molecule has 2 heterocycles. The Morgan fingerprint density at radius 3 is 1.89 bits per heavy atom. The predicted molar refractivity (Wildman–Crippen MR) is 145 cm³/mol. The Hall–Kier alpha value is -3.09. The maximum Gasteiger partial charge on any atom is 0.163 e. The van der Waals surface area contributed by atoms with Crippen molar-refractivity contribution in [2.45, 2.75) is 70.6 Å². The molecule has 5 rings (SSSR count). The first-order chi connectivity index (χ1) is 17.9. The summed E-state index contributed by atoms with van der Waals surface area (Å²) in [5.74, 6) is 2.94. The van der Waals surface area contributed by atoms with E-state index in [-0.39, 0.29) is 12.2 Å². The zero-order valence-corrected chi connectivity index (χ0v) is 22.5. The number of rotatable bonds is 9. The number of benzene rings is 2. The van der Waals surface area contributed by atoms with Crippen LogP contribution >= 0.6 is 0 Å². The molecule has 2 fully saturated rings. The maximum atomic E-state index is 6.36. The van der Waals surface area contributed by atoms with Gasteiger partial charge in [-0.05, 0) is 73.2 Å². The van der Waals surface area contributed by atoms with Crippen LogP contribution in [-0.2, 0) is 22.6 Å². The molecule has 0 unspecified atom stereocenters. The van der Waals surface area contributed by atoms with E-state index in [4.69, 9.17) is 23.9 Å². The molecule has 1 aliphatic carbocycles. The average Bonchev–Trinajstić information content (AvgIpc) is 3.41. The molecule has 1 aromatic heterocycles. The number of methoxy groups -OCH3 is 2. The molecule has 1 aliphatic heterocycles. The van der Waals surface area contributed by atoms with Crippen molar-refractivity contribution in [3.63, 3.8) is 0 Å². The van der Waals surface area contributed by atoms with E-state index in [1.807, 2.05) is 44.3 Å². The van der Waals surface area contributed by atoms with Gasteiger partial charge < -0.3 is 23.8 Å². The van der Waals surface area contributed by atoms with Crippen molar-refractivity contribution in [2.75, 3.05) is 19.1 Å². The molecule has 6 nitrogen and oxygen atoms in total. The lowest BCUT2D eigenvalue weighted by Gasteiger charge is -2.26. The largest absolute Gasteiger partial charge is 0.497 e. The number of nitrogens with zero attached hydrogens (tertiary/aromatic N) is 2. The predicted octanol–water partition coefficient (Wildman–Crippen LogP) is 6.34. The quantitative estimate of drug-likeness (QED) is 0.340.